The third kappa shape index (κ3) is 4.94. The molecule has 1 N–H and O–H groups in total. The third-order valence-corrected chi connectivity index (χ3v) is 3.74. The molecule has 0 aliphatic carbocycles. The molecule has 102 valence electrons. The van der Waals surface area contributed by atoms with Gasteiger partial charge in [0.25, 0.3) is 0 Å². The van der Waals surface area contributed by atoms with E-state index < -0.39 is 0 Å². The maximum Gasteiger partial charge on any atom is 0.0246 e. The first-order valence-electron chi connectivity index (χ1n) is 7.16. The summed E-state index contributed by atoms with van der Waals surface area (Å²) < 4.78 is 0. The fraction of sp³-hybridized carbons (Fsp3) is 1.00. The van der Waals surface area contributed by atoms with Gasteiger partial charge in [-0.25, -0.2) is 0 Å². The maximum atomic E-state index is 3.61. The Kier molecular flexibility index (Phi) is 6.45. The molecule has 1 rings (SSSR count). The minimum atomic E-state index is 0.700. The Morgan fingerprint density at radius 1 is 1.35 bits per heavy atom. The minimum absolute atomic E-state index is 0.700. The van der Waals surface area contributed by atoms with Gasteiger partial charge in [-0.3, -0.25) is 4.90 Å². The highest BCUT2D eigenvalue weighted by Crippen LogP contribution is 2.18. The average molecular weight is 241 g/mol. The monoisotopic (exact) mass is 241 g/mol. The molecule has 0 bridgehead atoms. The lowest BCUT2D eigenvalue weighted by atomic mass is 9.97. The fourth-order valence-corrected chi connectivity index (χ4v) is 2.88. The van der Waals surface area contributed by atoms with Crippen LogP contribution in [0, 0.1) is 5.92 Å². The van der Waals surface area contributed by atoms with Crippen molar-refractivity contribution >= 4 is 0 Å². The van der Waals surface area contributed by atoms with Crippen molar-refractivity contribution in [2.24, 2.45) is 5.92 Å². The minimum Gasteiger partial charge on any atom is -0.313 e. The molecule has 3 heteroatoms. The molecule has 1 aliphatic rings. The van der Waals surface area contributed by atoms with Gasteiger partial charge in [0.15, 0.2) is 0 Å². The van der Waals surface area contributed by atoms with Crippen LogP contribution in [0.2, 0.25) is 0 Å². The molecule has 2 unspecified atom stereocenters. The van der Waals surface area contributed by atoms with Crippen LogP contribution in [0.4, 0.5) is 0 Å². The molecule has 0 aromatic heterocycles. The fourth-order valence-electron chi connectivity index (χ4n) is 2.88. The zero-order valence-electron chi connectivity index (χ0n) is 12.4. The van der Waals surface area contributed by atoms with Crippen LogP contribution in [0.15, 0.2) is 0 Å². The number of hydrogen-bond donors (Lipinski definition) is 1. The van der Waals surface area contributed by atoms with E-state index in [9.17, 15) is 0 Å². The van der Waals surface area contributed by atoms with Crippen molar-refractivity contribution < 1.29 is 0 Å². The van der Waals surface area contributed by atoms with Crippen LogP contribution in [0.1, 0.15) is 33.6 Å². The number of likely N-dealkylation sites (tertiary alicyclic amines) is 1. The smallest absolute Gasteiger partial charge is 0.0246 e. The SMILES string of the molecule is CCNC1CCCN(C(CN(C)C)C(C)C)C1. The summed E-state index contributed by atoms with van der Waals surface area (Å²) in [5, 5.41) is 3.61. The first-order valence-corrected chi connectivity index (χ1v) is 7.16. The predicted molar refractivity (Wildman–Crippen MR) is 75.5 cm³/mol. The van der Waals surface area contributed by atoms with E-state index in [1.54, 1.807) is 0 Å². The largest absolute Gasteiger partial charge is 0.313 e. The highest BCUT2D eigenvalue weighted by Gasteiger charge is 2.27. The summed E-state index contributed by atoms with van der Waals surface area (Å²) in [5.74, 6) is 0.734. The third-order valence-electron chi connectivity index (χ3n) is 3.74. The van der Waals surface area contributed by atoms with E-state index in [-0.39, 0.29) is 0 Å². The van der Waals surface area contributed by atoms with Crippen molar-refractivity contribution in [3.63, 3.8) is 0 Å². The van der Waals surface area contributed by atoms with E-state index in [1.165, 1.54) is 32.5 Å². The van der Waals surface area contributed by atoms with Gasteiger partial charge in [0.05, 0.1) is 0 Å². The number of nitrogens with one attached hydrogen (secondary N) is 1. The van der Waals surface area contributed by atoms with Gasteiger partial charge >= 0.3 is 0 Å². The van der Waals surface area contributed by atoms with E-state index in [2.05, 4.69) is 50.0 Å². The van der Waals surface area contributed by atoms with Gasteiger partial charge in [0.1, 0.15) is 0 Å². The summed E-state index contributed by atoms with van der Waals surface area (Å²) in [6.45, 7) is 11.7. The van der Waals surface area contributed by atoms with E-state index in [0.717, 1.165) is 12.5 Å². The van der Waals surface area contributed by atoms with Gasteiger partial charge < -0.3 is 10.2 Å². The Hall–Kier alpha value is -0.120. The van der Waals surface area contributed by atoms with Gasteiger partial charge in [-0.05, 0) is 45.9 Å². The molecule has 1 heterocycles. The molecule has 3 nitrogen and oxygen atoms in total. The second-order valence-electron chi connectivity index (χ2n) is 5.97. The number of rotatable bonds is 6. The average Bonchev–Trinajstić information content (AvgIpc) is 2.26. The van der Waals surface area contributed by atoms with Gasteiger partial charge in [-0.1, -0.05) is 20.8 Å². The van der Waals surface area contributed by atoms with Crippen LogP contribution in [0.5, 0.6) is 0 Å². The summed E-state index contributed by atoms with van der Waals surface area (Å²) in [6.07, 6.45) is 2.69. The van der Waals surface area contributed by atoms with Crippen LogP contribution in [-0.2, 0) is 0 Å². The van der Waals surface area contributed by atoms with Crippen molar-refractivity contribution in [1.82, 2.24) is 15.1 Å². The molecule has 1 aliphatic heterocycles. The summed E-state index contributed by atoms with van der Waals surface area (Å²) in [6, 6.07) is 1.41. The second-order valence-corrected chi connectivity index (χ2v) is 5.97. The molecule has 0 radical (unpaired) electrons. The van der Waals surface area contributed by atoms with Crippen molar-refractivity contribution in [1.29, 1.82) is 0 Å². The van der Waals surface area contributed by atoms with Crippen molar-refractivity contribution in [2.45, 2.75) is 45.7 Å². The Balaban J connectivity index is 2.54. The van der Waals surface area contributed by atoms with E-state index in [0.29, 0.717) is 12.1 Å². The first kappa shape index (κ1) is 14.9. The molecule has 0 aromatic carbocycles. The Labute approximate surface area is 108 Å². The lowest BCUT2D eigenvalue weighted by Gasteiger charge is -2.41. The number of hydrogen-bond acceptors (Lipinski definition) is 3. The molecule has 1 saturated heterocycles. The van der Waals surface area contributed by atoms with Crippen LogP contribution in [0.25, 0.3) is 0 Å². The number of nitrogens with zero attached hydrogens (tertiary/aromatic N) is 2. The van der Waals surface area contributed by atoms with Crippen molar-refractivity contribution in [3.8, 4) is 0 Å². The van der Waals surface area contributed by atoms with Gasteiger partial charge in [0, 0.05) is 25.2 Å². The zero-order chi connectivity index (χ0) is 12.8. The normalized spacial score (nSPS) is 24.5. The molecular formula is C14H31N3. The lowest BCUT2D eigenvalue weighted by molar-refractivity contribution is 0.0882. The summed E-state index contributed by atoms with van der Waals surface area (Å²) in [4.78, 5) is 5.02. The maximum absolute atomic E-state index is 3.61. The molecule has 0 aromatic rings. The summed E-state index contributed by atoms with van der Waals surface area (Å²) in [7, 11) is 4.36. The molecule has 0 saturated carbocycles. The lowest BCUT2D eigenvalue weighted by Crippen LogP contribution is -2.53. The van der Waals surface area contributed by atoms with E-state index in [1.807, 2.05) is 0 Å². The zero-order valence-corrected chi connectivity index (χ0v) is 12.4. The summed E-state index contributed by atoms with van der Waals surface area (Å²) in [5.41, 5.74) is 0. The highest BCUT2D eigenvalue weighted by atomic mass is 15.2. The summed E-state index contributed by atoms with van der Waals surface area (Å²) >= 11 is 0. The standard InChI is InChI=1S/C14H31N3/c1-6-15-13-8-7-9-17(10-13)14(12(2)3)11-16(4)5/h12-15H,6-11H2,1-5H3. The van der Waals surface area contributed by atoms with Crippen molar-refractivity contribution in [3.05, 3.63) is 0 Å². The van der Waals surface area contributed by atoms with E-state index in [4.69, 9.17) is 0 Å². The van der Waals surface area contributed by atoms with Crippen LogP contribution >= 0.6 is 0 Å². The van der Waals surface area contributed by atoms with Crippen LogP contribution in [-0.4, -0.2) is 62.2 Å². The molecular weight excluding hydrogens is 210 g/mol. The molecule has 1 fully saturated rings. The van der Waals surface area contributed by atoms with Crippen LogP contribution < -0.4 is 5.32 Å². The van der Waals surface area contributed by atoms with Gasteiger partial charge in [-0.15, -0.1) is 0 Å². The molecule has 17 heavy (non-hydrogen) atoms. The predicted octanol–water partition coefficient (Wildman–Crippen LogP) is 1.65. The van der Waals surface area contributed by atoms with Gasteiger partial charge in [-0.2, -0.15) is 0 Å². The Morgan fingerprint density at radius 2 is 2.06 bits per heavy atom. The number of piperidine rings is 1. The van der Waals surface area contributed by atoms with Crippen molar-refractivity contribution in [2.75, 3.05) is 40.3 Å². The Bertz CT molecular complexity index is 202. The van der Waals surface area contributed by atoms with E-state index >= 15 is 0 Å². The highest BCUT2D eigenvalue weighted by molar-refractivity contribution is 4.85. The second kappa shape index (κ2) is 7.34. The molecule has 0 spiro atoms. The Morgan fingerprint density at radius 3 is 2.59 bits per heavy atom. The topological polar surface area (TPSA) is 18.5 Å². The van der Waals surface area contributed by atoms with Crippen LogP contribution in [0.3, 0.4) is 0 Å². The molecule has 0 amide bonds. The quantitative estimate of drug-likeness (QED) is 0.763. The first-order chi connectivity index (χ1) is 8.04. The molecule has 2 atom stereocenters. The van der Waals surface area contributed by atoms with Gasteiger partial charge in [0.2, 0.25) is 0 Å². The number of likely N-dealkylation sites (N-methyl/N-ethyl adjacent to an activating group) is 2.